The lowest BCUT2D eigenvalue weighted by Gasteiger charge is -2.25. The van der Waals surface area contributed by atoms with Gasteiger partial charge in [-0.15, -0.1) is 0 Å². The molecule has 0 saturated heterocycles. The van der Waals surface area contributed by atoms with Crippen molar-refractivity contribution in [3.63, 3.8) is 0 Å². The van der Waals surface area contributed by atoms with Crippen LogP contribution in [0.25, 0.3) is 0 Å². The van der Waals surface area contributed by atoms with Crippen molar-refractivity contribution in [2.45, 2.75) is 41.0 Å². The zero-order chi connectivity index (χ0) is 12.1. The van der Waals surface area contributed by atoms with Gasteiger partial charge in [0.1, 0.15) is 0 Å². The summed E-state index contributed by atoms with van der Waals surface area (Å²) in [6, 6.07) is 0. The zero-order valence-electron chi connectivity index (χ0n) is 10.2. The van der Waals surface area contributed by atoms with Gasteiger partial charge < -0.3 is 9.05 Å². The quantitative estimate of drug-likeness (QED) is 0.637. The van der Waals surface area contributed by atoms with Crippen molar-refractivity contribution in [2.75, 3.05) is 13.2 Å². The number of hydrogen-bond acceptors (Lipinski definition) is 4. The molecule has 0 saturated carbocycles. The summed E-state index contributed by atoms with van der Waals surface area (Å²) in [4.78, 5) is 12.0. The Morgan fingerprint density at radius 2 is 1.53 bits per heavy atom. The predicted octanol–water partition coefficient (Wildman–Crippen LogP) is 3.22. The van der Waals surface area contributed by atoms with Crippen molar-refractivity contribution in [1.29, 1.82) is 0 Å². The fraction of sp³-hybridized carbons (Fsp3) is 0.900. The first-order chi connectivity index (χ1) is 6.84. The molecule has 0 fully saturated rings. The van der Waals surface area contributed by atoms with E-state index in [-0.39, 0.29) is 13.2 Å². The highest BCUT2D eigenvalue weighted by Crippen LogP contribution is 2.54. The number of hydrogen-bond donors (Lipinski definition) is 0. The van der Waals surface area contributed by atoms with Gasteiger partial charge in [0, 0.05) is 5.41 Å². The topological polar surface area (TPSA) is 52.6 Å². The number of carbonyl (C=O) groups is 1. The van der Waals surface area contributed by atoms with E-state index < -0.39 is 18.5 Å². The molecule has 90 valence electrons. The van der Waals surface area contributed by atoms with E-state index >= 15 is 0 Å². The lowest BCUT2D eigenvalue weighted by molar-refractivity contribution is -0.121. The number of carbonyl (C=O) groups excluding carboxylic acids is 1. The fourth-order valence-electron chi connectivity index (χ4n) is 1.02. The van der Waals surface area contributed by atoms with E-state index in [2.05, 4.69) is 0 Å². The molecular weight excluding hydrogens is 215 g/mol. The summed E-state index contributed by atoms with van der Waals surface area (Å²) < 4.78 is 22.1. The van der Waals surface area contributed by atoms with E-state index in [0.29, 0.717) is 6.42 Å². The molecule has 0 bridgehead atoms. The van der Waals surface area contributed by atoms with Crippen LogP contribution in [-0.2, 0) is 18.4 Å². The van der Waals surface area contributed by atoms with Crippen LogP contribution in [0.3, 0.4) is 0 Å². The van der Waals surface area contributed by atoms with E-state index in [0.717, 1.165) is 0 Å². The van der Waals surface area contributed by atoms with E-state index in [9.17, 15) is 9.36 Å². The third-order valence-corrected chi connectivity index (χ3v) is 4.61. The fourth-order valence-corrected chi connectivity index (χ4v) is 2.90. The molecule has 0 aliphatic carbocycles. The van der Waals surface area contributed by atoms with Gasteiger partial charge in [-0.2, -0.15) is 0 Å². The van der Waals surface area contributed by atoms with Crippen molar-refractivity contribution >= 4 is 13.1 Å². The van der Waals surface area contributed by atoms with Crippen LogP contribution >= 0.6 is 7.60 Å². The van der Waals surface area contributed by atoms with Crippen LogP contribution in [0.2, 0.25) is 0 Å². The Bertz CT molecular complexity index is 250. The van der Waals surface area contributed by atoms with Crippen LogP contribution in [0, 0.1) is 5.41 Å². The lowest BCUT2D eigenvalue weighted by Crippen LogP contribution is -2.25. The van der Waals surface area contributed by atoms with Crippen molar-refractivity contribution in [3.8, 4) is 0 Å². The van der Waals surface area contributed by atoms with Gasteiger partial charge in [0.25, 0.3) is 0 Å². The van der Waals surface area contributed by atoms with Gasteiger partial charge in [0.2, 0.25) is 5.52 Å². The maximum atomic E-state index is 12.1. The first kappa shape index (κ1) is 14.8. The first-order valence-electron chi connectivity index (χ1n) is 5.28. The minimum atomic E-state index is -3.59. The molecule has 0 aromatic rings. The molecule has 0 amide bonds. The average Bonchev–Trinajstić information content (AvgIpc) is 2.17. The summed E-state index contributed by atoms with van der Waals surface area (Å²) in [5.41, 5.74) is -1.10. The van der Waals surface area contributed by atoms with Gasteiger partial charge in [0.05, 0.1) is 13.2 Å². The molecule has 0 aliphatic rings. The van der Waals surface area contributed by atoms with Crippen LogP contribution < -0.4 is 0 Å². The molecule has 0 aliphatic heterocycles. The molecule has 0 heterocycles. The largest absolute Gasteiger partial charge is 0.397 e. The molecular formula is C10H21O4P. The summed E-state index contributed by atoms with van der Waals surface area (Å²) in [6.07, 6.45) is 0.607. The Labute approximate surface area is 91.9 Å². The van der Waals surface area contributed by atoms with Crippen LogP contribution in [0.15, 0.2) is 0 Å². The Hall–Kier alpha value is -0.180. The molecule has 0 spiro atoms. The van der Waals surface area contributed by atoms with E-state index in [4.69, 9.17) is 9.05 Å². The molecule has 0 N–H and O–H groups in total. The van der Waals surface area contributed by atoms with Gasteiger partial charge in [0.15, 0.2) is 0 Å². The van der Waals surface area contributed by atoms with Gasteiger partial charge in [-0.3, -0.25) is 9.36 Å². The minimum absolute atomic E-state index is 0.211. The molecule has 0 rings (SSSR count). The summed E-state index contributed by atoms with van der Waals surface area (Å²) in [5, 5.41) is 0. The predicted molar refractivity (Wildman–Crippen MR) is 59.9 cm³/mol. The Kier molecular flexibility index (Phi) is 5.71. The zero-order valence-corrected chi connectivity index (χ0v) is 11.1. The molecule has 0 aromatic carbocycles. The standard InChI is InChI=1S/C10H21O4P/c1-6-10(4,5)9(11)15(12,13-7-2)14-8-3/h6-8H2,1-5H3. The average molecular weight is 236 g/mol. The Morgan fingerprint density at radius 3 is 1.80 bits per heavy atom. The first-order valence-corrected chi connectivity index (χ1v) is 6.82. The van der Waals surface area contributed by atoms with Gasteiger partial charge >= 0.3 is 7.60 Å². The second kappa shape index (κ2) is 5.78. The van der Waals surface area contributed by atoms with E-state index in [1.807, 2.05) is 6.92 Å². The van der Waals surface area contributed by atoms with Crippen LogP contribution in [0.5, 0.6) is 0 Å². The molecule has 5 heteroatoms. The highest BCUT2D eigenvalue weighted by molar-refractivity contribution is 7.72. The summed E-state index contributed by atoms with van der Waals surface area (Å²) in [6.45, 7) is 9.18. The van der Waals surface area contributed by atoms with Crippen LogP contribution in [-0.4, -0.2) is 18.7 Å². The van der Waals surface area contributed by atoms with Crippen molar-refractivity contribution in [1.82, 2.24) is 0 Å². The second-order valence-electron chi connectivity index (χ2n) is 3.88. The SMILES string of the molecule is CCOP(=O)(OCC)C(=O)C(C)(C)CC. The van der Waals surface area contributed by atoms with E-state index in [1.165, 1.54) is 0 Å². The Morgan fingerprint density at radius 1 is 1.13 bits per heavy atom. The molecule has 0 atom stereocenters. The summed E-state index contributed by atoms with van der Waals surface area (Å²) in [5.74, 6) is 0. The van der Waals surface area contributed by atoms with Crippen molar-refractivity contribution in [2.24, 2.45) is 5.41 Å². The summed E-state index contributed by atoms with van der Waals surface area (Å²) >= 11 is 0. The maximum absolute atomic E-state index is 12.1. The Balaban J connectivity index is 4.93. The number of rotatable bonds is 7. The molecule has 0 unspecified atom stereocenters. The van der Waals surface area contributed by atoms with E-state index in [1.54, 1.807) is 27.7 Å². The highest BCUT2D eigenvalue weighted by Gasteiger charge is 2.43. The molecule has 15 heavy (non-hydrogen) atoms. The monoisotopic (exact) mass is 236 g/mol. The van der Waals surface area contributed by atoms with Crippen LogP contribution in [0.1, 0.15) is 41.0 Å². The third kappa shape index (κ3) is 3.71. The third-order valence-electron chi connectivity index (χ3n) is 2.31. The van der Waals surface area contributed by atoms with Crippen molar-refractivity contribution < 1.29 is 18.4 Å². The van der Waals surface area contributed by atoms with Gasteiger partial charge in [-0.05, 0) is 20.3 Å². The minimum Gasteiger partial charge on any atom is -0.303 e. The maximum Gasteiger partial charge on any atom is 0.397 e. The second-order valence-corrected chi connectivity index (χ2v) is 5.79. The van der Waals surface area contributed by atoms with Gasteiger partial charge in [-0.25, -0.2) is 0 Å². The van der Waals surface area contributed by atoms with Crippen molar-refractivity contribution in [3.05, 3.63) is 0 Å². The smallest absolute Gasteiger partial charge is 0.303 e. The normalized spacial score (nSPS) is 12.9. The summed E-state index contributed by atoms with van der Waals surface area (Å²) in [7, 11) is -3.59. The molecule has 0 aromatic heterocycles. The van der Waals surface area contributed by atoms with Gasteiger partial charge in [-0.1, -0.05) is 20.8 Å². The van der Waals surface area contributed by atoms with Crippen LogP contribution in [0.4, 0.5) is 0 Å². The molecule has 4 nitrogen and oxygen atoms in total. The highest BCUT2D eigenvalue weighted by atomic mass is 31.2. The molecule has 0 radical (unpaired) electrons. The lowest BCUT2D eigenvalue weighted by atomic mass is 9.92.